The molecule has 2 fully saturated rings. The van der Waals surface area contributed by atoms with E-state index in [1.807, 2.05) is 11.8 Å². The molecule has 2 heterocycles. The summed E-state index contributed by atoms with van der Waals surface area (Å²) in [5.41, 5.74) is 0.451. The molecule has 1 aromatic rings. The van der Waals surface area contributed by atoms with E-state index < -0.39 is 0 Å². The fourth-order valence-corrected chi connectivity index (χ4v) is 3.72. The van der Waals surface area contributed by atoms with Crippen LogP contribution < -0.4 is 5.32 Å². The summed E-state index contributed by atoms with van der Waals surface area (Å²) in [4.78, 5) is 29.1. The van der Waals surface area contributed by atoms with E-state index in [0.717, 1.165) is 51.9 Å². The van der Waals surface area contributed by atoms with Gasteiger partial charge in [-0.3, -0.25) is 14.5 Å². The first-order valence-corrected chi connectivity index (χ1v) is 9.18. The lowest BCUT2D eigenvalue weighted by molar-refractivity contribution is -0.136. The number of hydrogen-bond acceptors (Lipinski definition) is 4. The number of para-hydroxylation sites is 2. The van der Waals surface area contributed by atoms with E-state index in [0.29, 0.717) is 5.69 Å². The van der Waals surface area contributed by atoms with Crippen molar-refractivity contribution >= 4 is 17.5 Å². The number of carbonyl (C=O) groups is 2. The van der Waals surface area contributed by atoms with Gasteiger partial charge in [-0.15, -0.1) is 0 Å². The molecule has 25 heavy (non-hydrogen) atoms. The lowest BCUT2D eigenvalue weighted by Gasteiger charge is -2.36. The third kappa shape index (κ3) is 4.12. The van der Waals surface area contributed by atoms with E-state index in [1.165, 1.54) is 0 Å². The van der Waals surface area contributed by atoms with Crippen LogP contribution in [-0.4, -0.2) is 58.9 Å². The van der Waals surface area contributed by atoms with Crippen molar-refractivity contribution in [3.8, 4) is 5.75 Å². The van der Waals surface area contributed by atoms with Crippen molar-refractivity contribution in [3.63, 3.8) is 0 Å². The minimum atomic E-state index is -0.111. The van der Waals surface area contributed by atoms with E-state index in [1.54, 1.807) is 24.3 Å². The smallest absolute Gasteiger partial charge is 0.239 e. The first-order valence-electron chi connectivity index (χ1n) is 9.18. The number of rotatable bonds is 4. The zero-order valence-corrected chi connectivity index (χ0v) is 14.8. The van der Waals surface area contributed by atoms with Crippen LogP contribution >= 0.6 is 0 Å². The molecule has 2 saturated heterocycles. The SMILES string of the molecule is CC(C(=O)N1CCCC1)N1CCC(C(=O)Nc2ccccc2O)CC1. The standard InChI is InChI=1S/C19H27N3O3/c1-14(19(25)22-10-4-5-11-22)21-12-8-15(9-13-21)18(24)20-16-6-2-3-7-17(16)23/h2-3,6-7,14-15,23H,4-5,8-13H2,1H3,(H,20,24). The van der Waals surface area contributed by atoms with Crippen LogP contribution in [0, 0.1) is 5.92 Å². The molecule has 2 N–H and O–H groups in total. The van der Waals surface area contributed by atoms with E-state index in [4.69, 9.17) is 0 Å². The Bertz CT molecular complexity index is 620. The van der Waals surface area contributed by atoms with Crippen LogP contribution in [0.3, 0.4) is 0 Å². The van der Waals surface area contributed by atoms with Crippen LogP contribution in [0.4, 0.5) is 5.69 Å². The summed E-state index contributed by atoms with van der Waals surface area (Å²) in [6, 6.07) is 6.65. The molecule has 3 rings (SSSR count). The van der Waals surface area contributed by atoms with Gasteiger partial charge in [0.25, 0.3) is 0 Å². The molecular weight excluding hydrogens is 318 g/mol. The van der Waals surface area contributed by atoms with Gasteiger partial charge in [-0.1, -0.05) is 12.1 Å². The maximum absolute atomic E-state index is 12.5. The predicted octanol–water partition coefficient (Wildman–Crippen LogP) is 2.05. The predicted molar refractivity (Wildman–Crippen MR) is 96.3 cm³/mol. The molecule has 6 nitrogen and oxygen atoms in total. The first kappa shape index (κ1) is 17.7. The molecule has 0 saturated carbocycles. The number of aromatic hydroxyl groups is 1. The highest BCUT2D eigenvalue weighted by Crippen LogP contribution is 2.25. The molecule has 0 aliphatic carbocycles. The van der Waals surface area contributed by atoms with Gasteiger partial charge in [0.2, 0.25) is 11.8 Å². The summed E-state index contributed by atoms with van der Waals surface area (Å²) in [7, 11) is 0. The normalized spacial score (nSPS) is 20.4. The number of piperidine rings is 1. The summed E-state index contributed by atoms with van der Waals surface area (Å²) in [6.07, 6.45) is 3.67. The number of nitrogens with zero attached hydrogens (tertiary/aromatic N) is 2. The van der Waals surface area contributed by atoms with E-state index >= 15 is 0 Å². The van der Waals surface area contributed by atoms with Crippen molar-refractivity contribution in [1.29, 1.82) is 0 Å². The second-order valence-electron chi connectivity index (χ2n) is 7.03. The molecule has 0 spiro atoms. The fourth-order valence-electron chi connectivity index (χ4n) is 3.72. The Morgan fingerprint density at radius 2 is 1.76 bits per heavy atom. The van der Waals surface area contributed by atoms with E-state index in [9.17, 15) is 14.7 Å². The minimum absolute atomic E-state index is 0.0559. The maximum atomic E-state index is 12.5. The number of amides is 2. The monoisotopic (exact) mass is 345 g/mol. The van der Waals surface area contributed by atoms with Crippen LogP contribution in [-0.2, 0) is 9.59 Å². The summed E-state index contributed by atoms with van der Waals surface area (Å²) < 4.78 is 0. The van der Waals surface area contributed by atoms with Crippen LogP contribution in [0.1, 0.15) is 32.6 Å². The number of phenolic OH excluding ortho intramolecular Hbond substituents is 1. The summed E-state index contributed by atoms with van der Waals surface area (Å²) in [6.45, 7) is 5.23. The highest BCUT2D eigenvalue weighted by Gasteiger charge is 2.32. The largest absolute Gasteiger partial charge is 0.506 e. The minimum Gasteiger partial charge on any atom is -0.506 e. The lowest BCUT2D eigenvalue weighted by Crippen LogP contribution is -2.50. The molecule has 6 heteroatoms. The van der Waals surface area contributed by atoms with Crippen molar-refractivity contribution < 1.29 is 14.7 Å². The van der Waals surface area contributed by atoms with Gasteiger partial charge in [0.1, 0.15) is 5.75 Å². The summed E-state index contributed by atoms with van der Waals surface area (Å²) in [5.74, 6) is 0.164. The van der Waals surface area contributed by atoms with Gasteiger partial charge < -0.3 is 15.3 Å². The Morgan fingerprint density at radius 3 is 2.40 bits per heavy atom. The molecule has 136 valence electrons. The molecule has 2 aliphatic rings. The van der Waals surface area contributed by atoms with Crippen molar-refractivity contribution in [2.24, 2.45) is 5.92 Å². The number of benzene rings is 1. The maximum Gasteiger partial charge on any atom is 0.239 e. The Balaban J connectivity index is 1.50. The molecule has 2 amide bonds. The molecule has 1 unspecified atom stereocenters. The number of hydrogen-bond donors (Lipinski definition) is 2. The van der Waals surface area contributed by atoms with Gasteiger partial charge in [0, 0.05) is 19.0 Å². The van der Waals surface area contributed by atoms with E-state index in [-0.39, 0.29) is 29.5 Å². The van der Waals surface area contributed by atoms with Gasteiger partial charge in [-0.05, 0) is 57.8 Å². The fraction of sp³-hybridized carbons (Fsp3) is 0.579. The second-order valence-corrected chi connectivity index (χ2v) is 7.03. The molecule has 1 aromatic carbocycles. The Morgan fingerprint density at radius 1 is 1.12 bits per heavy atom. The van der Waals surface area contributed by atoms with Crippen molar-refractivity contribution in [1.82, 2.24) is 9.80 Å². The third-order valence-electron chi connectivity index (χ3n) is 5.39. The zero-order valence-electron chi connectivity index (χ0n) is 14.8. The number of anilines is 1. The Hall–Kier alpha value is -2.08. The molecule has 0 aromatic heterocycles. The van der Waals surface area contributed by atoms with Crippen LogP contribution in [0.25, 0.3) is 0 Å². The van der Waals surface area contributed by atoms with Crippen molar-refractivity contribution in [2.75, 3.05) is 31.5 Å². The average Bonchev–Trinajstić information content (AvgIpc) is 3.17. The number of nitrogens with one attached hydrogen (secondary N) is 1. The van der Waals surface area contributed by atoms with Gasteiger partial charge in [0.15, 0.2) is 0 Å². The van der Waals surface area contributed by atoms with Gasteiger partial charge in [-0.2, -0.15) is 0 Å². The Kier molecular flexibility index (Phi) is 5.58. The van der Waals surface area contributed by atoms with Gasteiger partial charge in [-0.25, -0.2) is 0 Å². The van der Waals surface area contributed by atoms with E-state index in [2.05, 4.69) is 10.2 Å². The second kappa shape index (κ2) is 7.87. The molecule has 1 atom stereocenters. The van der Waals surface area contributed by atoms with Crippen molar-refractivity contribution in [2.45, 2.75) is 38.6 Å². The lowest BCUT2D eigenvalue weighted by atomic mass is 9.94. The van der Waals surface area contributed by atoms with Crippen molar-refractivity contribution in [3.05, 3.63) is 24.3 Å². The first-order chi connectivity index (χ1) is 12.1. The van der Waals surface area contributed by atoms with Crippen LogP contribution in [0.2, 0.25) is 0 Å². The number of carbonyl (C=O) groups excluding carboxylic acids is 2. The van der Waals surface area contributed by atoms with Crippen LogP contribution in [0.5, 0.6) is 5.75 Å². The topological polar surface area (TPSA) is 72.9 Å². The average molecular weight is 345 g/mol. The third-order valence-corrected chi connectivity index (χ3v) is 5.39. The summed E-state index contributed by atoms with van der Waals surface area (Å²) in [5, 5.41) is 12.6. The Labute approximate surface area is 148 Å². The highest BCUT2D eigenvalue weighted by atomic mass is 16.3. The zero-order chi connectivity index (χ0) is 17.8. The number of likely N-dealkylation sites (tertiary alicyclic amines) is 2. The number of phenols is 1. The quantitative estimate of drug-likeness (QED) is 0.819. The van der Waals surface area contributed by atoms with Gasteiger partial charge >= 0.3 is 0 Å². The molecule has 2 aliphatic heterocycles. The molecular formula is C19H27N3O3. The van der Waals surface area contributed by atoms with Crippen LogP contribution in [0.15, 0.2) is 24.3 Å². The summed E-state index contributed by atoms with van der Waals surface area (Å²) >= 11 is 0. The highest BCUT2D eigenvalue weighted by molar-refractivity contribution is 5.94. The molecule has 0 bridgehead atoms. The van der Waals surface area contributed by atoms with Gasteiger partial charge in [0.05, 0.1) is 11.7 Å². The molecule has 0 radical (unpaired) electrons.